The molecule has 2 atom stereocenters. The van der Waals surface area contributed by atoms with Crippen LogP contribution in [0.3, 0.4) is 0 Å². The summed E-state index contributed by atoms with van der Waals surface area (Å²) in [6.07, 6.45) is 12.5. The van der Waals surface area contributed by atoms with Gasteiger partial charge in [-0.1, -0.05) is 38.3 Å². The molecule has 1 heterocycles. The predicted octanol–water partition coefficient (Wildman–Crippen LogP) is 5.67. The lowest BCUT2D eigenvalue weighted by Crippen LogP contribution is -2.45. The van der Waals surface area contributed by atoms with Gasteiger partial charge in [0.05, 0.1) is 20.0 Å². The van der Waals surface area contributed by atoms with Gasteiger partial charge >= 0.3 is 0 Å². The zero-order valence-corrected chi connectivity index (χ0v) is 19.8. The van der Waals surface area contributed by atoms with Crippen LogP contribution in [-0.2, 0) is 9.47 Å². The standard InChI is InChI=1S/C27H38N2O3.CH4/c1-22(2)28-15-17-29(18-16-28)25-11-13-26(14-12-25)32-21-24-8-5-6-10-27(24)23(20-31-4)9-7-19-30-3;/h5-6,8,10-14,20,24,27H,1,7,9,15-19,21H2,2-4H3;1H4/b23-20-;. The monoisotopic (exact) mass is 454 g/mol. The van der Waals surface area contributed by atoms with Crippen LogP contribution < -0.4 is 9.64 Å². The van der Waals surface area contributed by atoms with Crippen molar-refractivity contribution in [2.75, 3.05) is 58.5 Å². The minimum atomic E-state index is 0. The number of benzene rings is 1. The summed E-state index contributed by atoms with van der Waals surface area (Å²) in [7, 11) is 3.46. The highest BCUT2D eigenvalue weighted by atomic mass is 16.5. The largest absolute Gasteiger partial charge is 0.504 e. The molecule has 1 aromatic rings. The first-order valence-corrected chi connectivity index (χ1v) is 11.6. The predicted molar refractivity (Wildman–Crippen MR) is 139 cm³/mol. The number of allylic oxidation sites excluding steroid dienone is 5. The fourth-order valence-electron chi connectivity index (χ4n) is 4.38. The summed E-state index contributed by atoms with van der Waals surface area (Å²) in [4.78, 5) is 4.77. The Morgan fingerprint density at radius 3 is 2.39 bits per heavy atom. The second-order valence-electron chi connectivity index (χ2n) is 8.50. The van der Waals surface area contributed by atoms with E-state index in [0.717, 1.165) is 57.1 Å². The van der Waals surface area contributed by atoms with Gasteiger partial charge in [0.2, 0.25) is 0 Å². The van der Waals surface area contributed by atoms with Crippen molar-refractivity contribution in [1.29, 1.82) is 0 Å². The number of hydrogen-bond acceptors (Lipinski definition) is 5. The van der Waals surface area contributed by atoms with Crippen LogP contribution in [0.25, 0.3) is 0 Å². The second-order valence-corrected chi connectivity index (χ2v) is 8.50. The Bertz CT molecular complexity index is 805. The zero-order chi connectivity index (χ0) is 22.8. The second kappa shape index (κ2) is 13.8. The topological polar surface area (TPSA) is 34.2 Å². The van der Waals surface area contributed by atoms with E-state index in [2.05, 4.69) is 71.9 Å². The van der Waals surface area contributed by atoms with Gasteiger partial charge in [-0.3, -0.25) is 0 Å². The Morgan fingerprint density at radius 2 is 1.76 bits per heavy atom. The summed E-state index contributed by atoms with van der Waals surface area (Å²) in [6, 6.07) is 8.51. The third-order valence-electron chi connectivity index (χ3n) is 6.22. The van der Waals surface area contributed by atoms with Crippen molar-refractivity contribution in [2.24, 2.45) is 11.8 Å². The highest BCUT2D eigenvalue weighted by molar-refractivity contribution is 5.49. The van der Waals surface area contributed by atoms with Gasteiger partial charge in [0, 0.05) is 63.1 Å². The molecule has 1 aliphatic carbocycles. The zero-order valence-electron chi connectivity index (χ0n) is 19.8. The maximum atomic E-state index is 6.20. The van der Waals surface area contributed by atoms with E-state index < -0.39 is 0 Å². The van der Waals surface area contributed by atoms with E-state index in [4.69, 9.17) is 14.2 Å². The van der Waals surface area contributed by atoms with Gasteiger partial charge in [0.25, 0.3) is 0 Å². The average molecular weight is 455 g/mol. The molecule has 0 aromatic heterocycles. The van der Waals surface area contributed by atoms with Gasteiger partial charge in [-0.05, 0) is 49.6 Å². The molecule has 0 N–H and O–H groups in total. The van der Waals surface area contributed by atoms with Crippen LogP contribution in [0.1, 0.15) is 27.2 Å². The Kier molecular flexibility index (Phi) is 11.1. The normalized spacial score (nSPS) is 20.4. The number of rotatable bonds is 11. The third kappa shape index (κ3) is 7.71. The lowest BCUT2D eigenvalue weighted by atomic mass is 9.82. The van der Waals surface area contributed by atoms with Gasteiger partial charge in [-0.2, -0.15) is 0 Å². The maximum absolute atomic E-state index is 6.20. The summed E-state index contributed by atoms with van der Waals surface area (Å²) >= 11 is 0. The lowest BCUT2D eigenvalue weighted by Gasteiger charge is -2.37. The molecule has 0 amide bonds. The van der Waals surface area contributed by atoms with Crippen LogP contribution in [-0.4, -0.2) is 58.5 Å². The van der Waals surface area contributed by atoms with E-state index in [0.29, 0.717) is 6.61 Å². The highest BCUT2D eigenvalue weighted by Gasteiger charge is 2.24. The first-order chi connectivity index (χ1) is 15.6. The van der Waals surface area contributed by atoms with E-state index in [9.17, 15) is 0 Å². The summed E-state index contributed by atoms with van der Waals surface area (Å²) in [5, 5.41) is 0. The molecule has 1 saturated heterocycles. The third-order valence-corrected chi connectivity index (χ3v) is 6.22. The van der Waals surface area contributed by atoms with Crippen molar-refractivity contribution in [3.63, 3.8) is 0 Å². The molecular formula is C28H42N2O3. The smallest absolute Gasteiger partial charge is 0.119 e. The number of nitrogens with zero attached hydrogens (tertiary/aromatic N) is 2. The number of hydrogen-bond donors (Lipinski definition) is 0. The highest BCUT2D eigenvalue weighted by Crippen LogP contribution is 2.31. The number of ether oxygens (including phenoxy) is 3. The summed E-state index contributed by atoms with van der Waals surface area (Å²) in [5.74, 6) is 1.47. The van der Waals surface area contributed by atoms with Crippen LogP contribution in [0.5, 0.6) is 5.75 Å². The van der Waals surface area contributed by atoms with E-state index >= 15 is 0 Å². The average Bonchev–Trinajstić information content (AvgIpc) is 2.83. The van der Waals surface area contributed by atoms with Gasteiger partial charge in [-0.15, -0.1) is 0 Å². The molecule has 0 spiro atoms. The minimum Gasteiger partial charge on any atom is -0.504 e. The van der Waals surface area contributed by atoms with Crippen molar-refractivity contribution in [3.05, 3.63) is 72.7 Å². The van der Waals surface area contributed by atoms with Crippen LogP contribution in [0, 0.1) is 11.8 Å². The van der Waals surface area contributed by atoms with Gasteiger partial charge < -0.3 is 24.0 Å². The minimum absolute atomic E-state index is 0. The number of methoxy groups -OCH3 is 2. The first kappa shape index (κ1) is 26.6. The molecule has 0 radical (unpaired) electrons. The fourth-order valence-corrected chi connectivity index (χ4v) is 4.38. The summed E-state index contributed by atoms with van der Waals surface area (Å²) in [6.45, 7) is 11.6. The van der Waals surface area contributed by atoms with E-state index in [1.807, 2.05) is 6.26 Å². The summed E-state index contributed by atoms with van der Waals surface area (Å²) < 4.78 is 16.8. The molecule has 5 nitrogen and oxygen atoms in total. The number of piperazine rings is 1. The molecule has 3 rings (SSSR count). The van der Waals surface area contributed by atoms with E-state index in [1.165, 1.54) is 11.3 Å². The maximum Gasteiger partial charge on any atom is 0.119 e. The van der Waals surface area contributed by atoms with Crippen molar-refractivity contribution < 1.29 is 14.2 Å². The molecule has 0 saturated carbocycles. The van der Waals surface area contributed by atoms with Gasteiger partial charge in [0.1, 0.15) is 5.75 Å². The molecule has 1 aromatic carbocycles. The Balaban J connectivity index is 0.00000385. The van der Waals surface area contributed by atoms with Crippen LogP contribution in [0.15, 0.2) is 72.7 Å². The molecule has 5 heteroatoms. The molecule has 2 unspecified atom stereocenters. The van der Waals surface area contributed by atoms with Crippen LogP contribution in [0.2, 0.25) is 0 Å². The molecular weight excluding hydrogens is 412 g/mol. The van der Waals surface area contributed by atoms with Crippen LogP contribution >= 0.6 is 0 Å². The Hall–Kier alpha value is -2.66. The Labute approximate surface area is 201 Å². The fraction of sp³-hybridized carbons (Fsp3) is 0.500. The van der Waals surface area contributed by atoms with Crippen molar-refractivity contribution in [1.82, 2.24) is 4.90 Å². The lowest BCUT2D eigenvalue weighted by molar-refractivity contribution is 0.192. The molecule has 0 bridgehead atoms. The van der Waals surface area contributed by atoms with Crippen molar-refractivity contribution >= 4 is 5.69 Å². The molecule has 2 aliphatic rings. The van der Waals surface area contributed by atoms with Crippen molar-refractivity contribution in [2.45, 2.75) is 27.2 Å². The number of anilines is 1. The quantitative estimate of drug-likeness (QED) is 0.318. The van der Waals surface area contributed by atoms with E-state index in [-0.39, 0.29) is 19.3 Å². The van der Waals surface area contributed by atoms with Gasteiger partial charge in [-0.25, -0.2) is 0 Å². The molecule has 1 aliphatic heterocycles. The van der Waals surface area contributed by atoms with Gasteiger partial charge in [0.15, 0.2) is 0 Å². The Morgan fingerprint density at radius 1 is 1.06 bits per heavy atom. The van der Waals surface area contributed by atoms with Crippen molar-refractivity contribution in [3.8, 4) is 5.75 Å². The van der Waals surface area contributed by atoms with Crippen LogP contribution in [0.4, 0.5) is 5.69 Å². The SMILES string of the molecule is C.C=C(C)N1CCN(c2ccc(OCC3C=CC=CC3/C(=C\OC)CCCOC)cc2)CC1. The van der Waals surface area contributed by atoms with E-state index in [1.54, 1.807) is 14.2 Å². The molecule has 182 valence electrons. The molecule has 1 fully saturated rings. The molecule has 33 heavy (non-hydrogen) atoms. The summed E-state index contributed by atoms with van der Waals surface area (Å²) in [5.41, 5.74) is 3.68. The first-order valence-electron chi connectivity index (χ1n) is 11.6.